The fraction of sp³-hybridized carbons (Fsp3) is 0.625. The highest BCUT2D eigenvalue weighted by Gasteiger charge is 2.95. The third-order valence-corrected chi connectivity index (χ3v) is 6.08. The Hall–Kier alpha value is -4.24. The van der Waals surface area contributed by atoms with Crippen molar-refractivity contribution in [1.29, 1.82) is 0 Å². The van der Waals surface area contributed by atoms with Crippen molar-refractivity contribution in [2.45, 2.75) is 66.8 Å². The lowest BCUT2D eigenvalue weighted by Crippen LogP contribution is -2.77. The molecule has 0 bridgehead atoms. The highest BCUT2D eigenvalue weighted by Crippen LogP contribution is 2.68. The summed E-state index contributed by atoms with van der Waals surface area (Å²) in [5, 5.41) is 0. The Kier molecular flexibility index (Phi) is 15.6. The van der Waals surface area contributed by atoms with Crippen LogP contribution in [0.2, 0.25) is 0 Å². The normalized spacial score (nSPS) is 18.4. The van der Waals surface area contributed by atoms with Gasteiger partial charge in [0.2, 0.25) is 23.8 Å². The number of carbonyl (C=O) groups excluding carboxylic acids is 3. The molecule has 0 aromatic carbocycles. The summed E-state index contributed by atoms with van der Waals surface area (Å²) >= 11 is 0. The van der Waals surface area contributed by atoms with Gasteiger partial charge < -0.3 is 14.2 Å². The maximum absolute atomic E-state index is 15.7. The molecule has 338 valence electrons. The van der Waals surface area contributed by atoms with Crippen LogP contribution in [0, 0.1) is 5.41 Å². The van der Waals surface area contributed by atoms with Gasteiger partial charge in [-0.1, -0.05) is 19.7 Å². The van der Waals surface area contributed by atoms with Gasteiger partial charge in [-0.25, -0.2) is 18.8 Å². The van der Waals surface area contributed by atoms with Crippen LogP contribution in [0.4, 0.5) is 110 Å². The number of esters is 3. The molecule has 0 aromatic rings. The minimum absolute atomic E-state index is 1.82. The molecule has 0 spiro atoms. The fourth-order valence-electron chi connectivity index (χ4n) is 3.22. The van der Waals surface area contributed by atoms with Crippen LogP contribution in [0.15, 0.2) is 37.2 Å². The molecule has 0 aromatic heterocycles. The average Bonchev–Trinajstić information content (AvgIpc) is 2.97. The van der Waals surface area contributed by atoms with Crippen LogP contribution in [0.1, 0.15) is 0 Å². The first-order chi connectivity index (χ1) is 25.3. The Bertz CT molecular complexity index is 1500. The quantitative estimate of drug-likeness (QED) is 0.0546. The summed E-state index contributed by atoms with van der Waals surface area (Å²) in [5.41, 5.74) is -9.38. The van der Waals surface area contributed by atoms with E-state index in [2.05, 4.69) is 18.9 Å². The number of hydrogen-bond acceptors (Lipinski definition) is 9. The van der Waals surface area contributed by atoms with E-state index in [4.69, 9.17) is 0 Å². The standard InChI is InChI=1S/C24H13F25O9/c1-7(25)10(50)53-4-14(29,19(34,35)36)56-13(28)17(18(32,33)22(43,44)45,23(46,47)57-15(30,20(37,38)39)5-54-11(51)8(2)26)24(48,49)58-16(31,21(40,41)42)6-55-12(52)9(3)27/h13H,1-6H2. The maximum atomic E-state index is 15.7. The minimum atomic E-state index is -9.38. The summed E-state index contributed by atoms with van der Waals surface area (Å²) in [6.45, 7) is -6.22. The largest absolute Gasteiger partial charge is 0.454 e. The summed E-state index contributed by atoms with van der Waals surface area (Å²) in [5.74, 6) is -48.8. The summed E-state index contributed by atoms with van der Waals surface area (Å²) in [6.07, 6.45) is -57.9. The molecule has 0 aliphatic rings. The van der Waals surface area contributed by atoms with Crippen LogP contribution in [0.3, 0.4) is 0 Å². The zero-order chi connectivity index (χ0) is 46.9. The lowest BCUT2D eigenvalue weighted by molar-refractivity contribution is -0.566. The first-order valence-corrected chi connectivity index (χ1v) is 13.0. The summed E-state index contributed by atoms with van der Waals surface area (Å²) in [4.78, 5) is 33.2. The molecule has 0 aliphatic heterocycles. The van der Waals surface area contributed by atoms with Gasteiger partial charge in [-0.15, -0.1) is 0 Å². The lowest BCUT2D eigenvalue weighted by atomic mass is 9.76. The molecular formula is C24H13F25O9. The molecule has 0 saturated heterocycles. The summed E-state index contributed by atoms with van der Waals surface area (Å²) in [6, 6.07) is 0. The van der Waals surface area contributed by atoms with Gasteiger partial charge in [0.1, 0.15) is 0 Å². The van der Waals surface area contributed by atoms with Crippen LogP contribution >= 0.6 is 0 Å². The van der Waals surface area contributed by atoms with Gasteiger partial charge in [0.05, 0.1) is 0 Å². The molecule has 0 N–H and O–H groups in total. The highest BCUT2D eigenvalue weighted by molar-refractivity contribution is 5.85. The lowest BCUT2D eigenvalue weighted by Gasteiger charge is -2.51. The predicted octanol–water partition coefficient (Wildman–Crippen LogP) is 8.46. The van der Waals surface area contributed by atoms with Crippen molar-refractivity contribution in [2.24, 2.45) is 5.41 Å². The Morgan fingerprint density at radius 3 is 0.879 bits per heavy atom. The maximum Gasteiger partial charge on any atom is 0.454 e. The van der Waals surface area contributed by atoms with Crippen molar-refractivity contribution in [1.82, 2.24) is 0 Å². The molecule has 0 fully saturated rings. The van der Waals surface area contributed by atoms with Gasteiger partial charge in [-0.2, -0.15) is 105 Å². The molecule has 0 heterocycles. The first kappa shape index (κ1) is 53.8. The Labute approximate surface area is 300 Å². The minimum Gasteiger partial charge on any atom is -0.454 e. The van der Waals surface area contributed by atoms with Crippen LogP contribution in [-0.2, 0) is 42.8 Å². The number of alkyl halides is 22. The second-order valence-corrected chi connectivity index (χ2v) is 10.2. The van der Waals surface area contributed by atoms with Gasteiger partial charge in [0.15, 0.2) is 19.8 Å². The van der Waals surface area contributed by atoms with E-state index in [0.29, 0.717) is 0 Å². The molecule has 0 radical (unpaired) electrons. The smallest absolute Gasteiger partial charge is 0.454 e. The predicted molar refractivity (Wildman–Crippen MR) is 125 cm³/mol. The van der Waals surface area contributed by atoms with E-state index in [9.17, 15) is 93.4 Å². The second-order valence-electron chi connectivity index (χ2n) is 10.2. The van der Waals surface area contributed by atoms with Crippen LogP contribution < -0.4 is 0 Å². The van der Waals surface area contributed by atoms with Crippen LogP contribution in [-0.4, -0.2) is 104 Å². The number of hydrogen-bond donors (Lipinski definition) is 0. The molecule has 4 unspecified atom stereocenters. The molecule has 9 nitrogen and oxygen atoms in total. The number of carbonyl (C=O) groups is 3. The number of rotatable bonds is 19. The van der Waals surface area contributed by atoms with Crippen molar-refractivity contribution in [3.8, 4) is 0 Å². The van der Waals surface area contributed by atoms with Crippen molar-refractivity contribution in [3.05, 3.63) is 37.2 Å². The number of ether oxygens (including phenoxy) is 6. The second kappa shape index (κ2) is 16.8. The third-order valence-electron chi connectivity index (χ3n) is 6.08. The van der Waals surface area contributed by atoms with Crippen molar-refractivity contribution < 1.29 is 153 Å². The van der Waals surface area contributed by atoms with Gasteiger partial charge in [-0.05, 0) is 0 Å². The molecule has 0 rings (SSSR count). The van der Waals surface area contributed by atoms with Crippen molar-refractivity contribution in [2.75, 3.05) is 19.8 Å². The molecule has 0 aliphatic carbocycles. The van der Waals surface area contributed by atoms with Gasteiger partial charge in [0, 0.05) is 0 Å². The molecule has 0 saturated carbocycles. The van der Waals surface area contributed by atoms with E-state index in [1.54, 1.807) is 0 Å². The third kappa shape index (κ3) is 10.7. The van der Waals surface area contributed by atoms with E-state index >= 15 is 30.7 Å². The van der Waals surface area contributed by atoms with E-state index in [1.807, 2.05) is 29.2 Å². The molecule has 58 heavy (non-hydrogen) atoms. The van der Waals surface area contributed by atoms with Crippen LogP contribution in [0.5, 0.6) is 0 Å². The van der Waals surface area contributed by atoms with Gasteiger partial charge in [-0.3, -0.25) is 14.2 Å². The molecule has 4 atom stereocenters. The summed E-state index contributed by atoms with van der Waals surface area (Å²) < 4.78 is 370. The van der Waals surface area contributed by atoms with Crippen molar-refractivity contribution >= 4 is 17.9 Å². The SMILES string of the molecule is C=C(F)C(=O)OCC(F)(OC(F)C(C(F)(F)OC(F)(COC(=O)C(=C)F)C(F)(F)F)(C(F)(F)OC(F)(COC(=O)C(=C)F)C(F)(F)F)C(F)(F)C(F)(F)F)C(F)(F)F. The molecule has 0 amide bonds. The van der Waals surface area contributed by atoms with E-state index < -0.39 is 127 Å². The van der Waals surface area contributed by atoms with Gasteiger partial charge >= 0.3 is 78.3 Å². The van der Waals surface area contributed by atoms with E-state index in [-0.39, 0.29) is 0 Å². The monoisotopic (exact) mass is 920 g/mol. The van der Waals surface area contributed by atoms with Gasteiger partial charge in [0.25, 0.3) is 5.41 Å². The fourth-order valence-corrected chi connectivity index (χ4v) is 3.22. The van der Waals surface area contributed by atoms with Crippen LogP contribution in [0.25, 0.3) is 0 Å². The highest BCUT2D eigenvalue weighted by atomic mass is 19.4. The van der Waals surface area contributed by atoms with E-state index in [1.165, 1.54) is 0 Å². The van der Waals surface area contributed by atoms with E-state index in [0.717, 1.165) is 0 Å². The molecular weight excluding hydrogens is 907 g/mol. The Morgan fingerprint density at radius 2 is 0.672 bits per heavy atom. The zero-order valence-electron chi connectivity index (χ0n) is 26.4. The molecule has 34 heteroatoms. The average molecular weight is 920 g/mol. The van der Waals surface area contributed by atoms with Crippen molar-refractivity contribution in [3.63, 3.8) is 0 Å². The topological polar surface area (TPSA) is 107 Å². The Balaban J connectivity index is 8.84. The summed E-state index contributed by atoms with van der Waals surface area (Å²) in [7, 11) is 0. The zero-order valence-corrected chi connectivity index (χ0v) is 26.4. The first-order valence-electron chi connectivity index (χ1n) is 13.0. The Morgan fingerprint density at radius 1 is 0.431 bits per heavy atom. The number of halogens is 25.